The molecule has 1 aromatic heterocycles. The summed E-state index contributed by atoms with van der Waals surface area (Å²) in [5, 5.41) is 4.58. The maximum atomic E-state index is 6.23. The molecule has 1 rings (SSSR count). The molecule has 0 N–H and O–H groups in total. The third-order valence-corrected chi connectivity index (χ3v) is 3.36. The van der Waals surface area contributed by atoms with Crippen LogP contribution < -0.4 is 0 Å². The number of alkyl halides is 1. The van der Waals surface area contributed by atoms with E-state index in [1.165, 1.54) is 5.69 Å². The number of rotatable bonds is 6. The molecule has 0 aliphatic carbocycles. The largest absolute Gasteiger partial charge is 0.270 e. The standard InChI is InChI=1S/C12H21ClN2/c1-4-9-15-11(7-8-14-15)5-6-12(13)10(2)3/h7-8,10,12H,4-6,9H2,1-3H3. The summed E-state index contributed by atoms with van der Waals surface area (Å²) in [5.41, 5.74) is 1.31. The Balaban J connectivity index is 2.46. The lowest BCUT2D eigenvalue weighted by atomic mass is 10.0. The molecule has 1 heterocycles. The minimum absolute atomic E-state index is 0.273. The SMILES string of the molecule is CCCn1nccc1CCC(Cl)C(C)C. The molecule has 0 saturated carbocycles. The Morgan fingerprint density at radius 2 is 2.20 bits per heavy atom. The summed E-state index contributed by atoms with van der Waals surface area (Å²) < 4.78 is 2.09. The predicted octanol–water partition coefficient (Wildman–Crippen LogP) is 3.49. The van der Waals surface area contributed by atoms with E-state index in [0.717, 1.165) is 25.8 Å². The number of aryl methyl sites for hydroxylation is 2. The van der Waals surface area contributed by atoms with Crippen molar-refractivity contribution >= 4 is 11.6 Å². The highest BCUT2D eigenvalue weighted by molar-refractivity contribution is 6.20. The van der Waals surface area contributed by atoms with E-state index >= 15 is 0 Å². The van der Waals surface area contributed by atoms with Gasteiger partial charge in [-0.1, -0.05) is 20.8 Å². The van der Waals surface area contributed by atoms with Crippen LogP contribution in [0.25, 0.3) is 0 Å². The van der Waals surface area contributed by atoms with E-state index in [1.807, 2.05) is 6.20 Å². The summed E-state index contributed by atoms with van der Waals surface area (Å²) in [6, 6.07) is 2.10. The number of aromatic nitrogens is 2. The van der Waals surface area contributed by atoms with Crippen LogP contribution in [0.1, 0.15) is 39.3 Å². The second-order valence-electron chi connectivity index (χ2n) is 4.34. The third-order valence-electron chi connectivity index (χ3n) is 2.64. The maximum Gasteiger partial charge on any atom is 0.0492 e. The first-order chi connectivity index (χ1) is 7.15. The summed E-state index contributed by atoms with van der Waals surface area (Å²) >= 11 is 6.23. The average Bonchev–Trinajstić information content (AvgIpc) is 2.62. The van der Waals surface area contributed by atoms with E-state index in [-0.39, 0.29) is 5.38 Å². The van der Waals surface area contributed by atoms with Gasteiger partial charge in [-0.25, -0.2) is 0 Å². The number of nitrogens with zero attached hydrogens (tertiary/aromatic N) is 2. The van der Waals surface area contributed by atoms with Crippen molar-refractivity contribution in [1.29, 1.82) is 0 Å². The minimum Gasteiger partial charge on any atom is -0.270 e. The number of halogens is 1. The van der Waals surface area contributed by atoms with Gasteiger partial charge in [0, 0.05) is 23.8 Å². The monoisotopic (exact) mass is 228 g/mol. The molecule has 86 valence electrons. The smallest absolute Gasteiger partial charge is 0.0492 e. The Morgan fingerprint density at radius 3 is 2.80 bits per heavy atom. The molecule has 1 unspecified atom stereocenters. The van der Waals surface area contributed by atoms with Gasteiger partial charge in [0.25, 0.3) is 0 Å². The van der Waals surface area contributed by atoms with Gasteiger partial charge >= 0.3 is 0 Å². The Labute approximate surface area is 97.6 Å². The fourth-order valence-corrected chi connectivity index (χ4v) is 1.71. The minimum atomic E-state index is 0.273. The highest BCUT2D eigenvalue weighted by Crippen LogP contribution is 2.16. The summed E-state index contributed by atoms with van der Waals surface area (Å²) in [4.78, 5) is 0. The van der Waals surface area contributed by atoms with Crippen molar-refractivity contribution in [1.82, 2.24) is 9.78 Å². The molecule has 0 bridgehead atoms. The van der Waals surface area contributed by atoms with Gasteiger partial charge in [-0.3, -0.25) is 4.68 Å². The fourth-order valence-electron chi connectivity index (χ4n) is 1.60. The van der Waals surface area contributed by atoms with E-state index < -0.39 is 0 Å². The zero-order valence-electron chi connectivity index (χ0n) is 9.91. The molecule has 3 heteroatoms. The zero-order valence-corrected chi connectivity index (χ0v) is 10.7. The fraction of sp³-hybridized carbons (Fsp3) is 0.750. The molecule has 0 fully saturated rings. The molecule has 0 aliphatic heterocycles. The first-order valence-corrected chi connectivity index (χ1v) is 6.23. The van der Waals surface area contributed by atoms with Gasteiger partial charge in [0.05, 0.1) is 0 Å². The van der Waals surface area contributed by atoms with Gasteiger partial charge in [0.1, 0.15) is 0 Å². The van der Waals surface area contributed by atoms with Gasteiger partial charge in [-0.15, -0.1) is 11.6 Å². The van der Waals surface area contributed by atoms with Gasteiger partial charge in [-0.2, -0.15) is 5.10 Å². The molecule has 0 radical (unpaired) electrons. The van der Waals surface area contributed by atoms with Crippen molar-refractivity contribution in [3.05, 3.63) is 18.0 Å². The second-order valence-corrected chi connectivity index (χ2v) is 4.90. The average molecular weight is 229 g/mol. The molecule has 0 saturated heterocycles. The van der Waals surface area contributed by atoms with Crippen LogP contribution in [0.5, 0.6) is 0 Å². The van der Waals surface area contributed by atoms with Crippen LogP contribution in [0.4, 0.5) is 0 Å². The number of hydrogen-bond acceptors (Lipinski definition) is 1. The van der Waals surface area contributed by atoms with Crippen molar-refractivity contribution in [3.8, 4) is 0 Å². The summed E-state index contributed by atoms with van der Waals surface area (Å²) in [7, 11) is 0. The zero-order chi connectivity index (χ0) is 11.3. The molecule has 0 amide bonds. The maximum absolute atomic E-state index is 6.23. The van der Waals surface area contributed by atoms with Gasteiger partial charge in [0.2, 0.25) is 0 Å². The van der Waals surface area contributed by atoms with Crippen LogP contribution in [-0.2, 0) is 13.0 Å². The first kappa shape index (κ1) is 12.6. The Morgan fingerprint density at radius 1 is 1.47 bits per heavy atom. The van der Waals surface area contributed by atoms with Gasteiger partial charge in [0.15, 0.2) is 0 Å². The third kappa shape index (κ3) is 3.86. The van der Waals surface area contributed by atoms with Crippen LogP contribution in [0.2, 0.25) is 0 Å². The topological polar surface area (TPSA) is 17.8 Å². The second kappa shape index (κ2) is 6.16. The molecule has 0 aromatic carbocycles. The van der Waals surface area contributed by atoms with Crippen molar-refractivity contribution in [2.75, 3.05) is 0 Å². The summed E-state index contributed by atoms with van der Waals surface area (Å²) in [6.07, 6.45) is 5.08. The molecule has 1 aromatic rings. The molecule has 0 aliphatic rings. The molecular formula is C12H21ClN2. The van der Waals surface area contributed by atoms with Crippen LogP contribution >= 0.6 is 11.6 Å². The van der Waals surface area contributed by atoms with Gasteiger partial charge < -0.3 is 0 Å². The number of hydrogen-bond donors (Lipinski definition) is 0. The predicted molar refractivity (Wildman–Crippen MR) is 65.3 cm³/mol. The lowest BCUT2D eigenvalue weighted by Gasteiger charge is -2.13. The summed E-state index contributed by atoms with van der Waals surface area (Å²) in [5.74, 6) is 0.550. The van der Waals surface area contributed by atoms with E-state index in [4.69, 9.17) is 11.6 Å². The Hall–Kier alpha value is -0.500. The van der Waals surface area contributed by atoms with E-state index in [9.17, 15) is 0 Å². The lowest BCUT2D eigenvalue weighted by Crippen LogP contribution is -2.11. The Kier molecular flexibility index (Phi) is 5.16. The summed E-state index contributed by atoms with van der Waals surface area (Å²) in [6.45, 7) is 7.52. The van der Waals surface area contributed by atoms with Crippen LogP contribution in [0.15, 0.2) is 12.3 Å². The van der Waals surface area contributed by atoms with E-state index in [0.29, 0.717) is 5.92 Å². The van der Waals surface area contributed by atoms with Crippen molar-refractivity contribution in [2.24, 2.45) is 5.92 Å². The van der Waals surface area contributed by atoms with Crippen LogP contribution in [0, 0.1) is 5.92 Å². The molecule has 1 atom stereocenters. The van der Waals surface area contributed by atoms with E-state index in [1.54, 1.807) is 0 Å². The quantitative estimate of drug-likeness (QED) is 0.682. The normalized spacial score (nSPS) is 13.4. The van der Waals surface area contributed by atoms with Crippen molar-refractivity contribution in [3.63, 3.8) is 0 Å². The van der Waals surface area contributed by atoms with Crippen LogP contribution in [0.3, 0.4) is 0 Å². The van der Waals surface area contributed by atoms with Crippen molar-refractivity contribution < 1.29 is 0 Å². The molecule has 0 spiro atoms. The van der Waals surface area contributed by atoms with E-state index in [2.05, 4.69) is 36.6 Å². The lowest BCUT2D eigenvalue weighted by molar-refractivity contribution is 0.531. The highest BCUT2D eigenvalue weighted by atomic mass is 35.5. The molecule has 15 heavy (non-hydrogen) atoms. The first-order valence-electron chi connectivity index (χ1n) is 5.80. The van der Waals surface area contributed by atoms with Crippen molar-refractivity contribution in [2.45, 2.75) is 52.0 Å². The molecular weight excluding hydrogens is 208 g/mol. The van der Waals surface area contributed by atoms with Gasteiger partial charge in [-0.05, 0) is 31.2 Å². The molecule has 2 nitrogen and oxygen atoms in total. The Bertz CT molecular complexity index is 281. The van der Waals surface area contributed by atoms with Crippen LogP contribution in [-0.4, -0.2) is 15.2 Å². The highest BCUT2D eigenvalue weighted by Gasteiger charge is 2.10.